The normalized spacial score (nSPS) is 15.8. The molecule has 2 atom stereocenters. The van der Waals surface area contributed by atoms with Gasteiger partial charge < -0.3 is 24.7 Å². The molecule has 1 aromatic heterocycles. The first-order chi connectivity index (χ1) is 15.1. The number of benzene rings is 2. The smallest absolute Gasteiger partial charge is 0.239 e. The molecule has 1 amide bonds. The van der Waals surface area contributed by atoms with Gasteiger partial charge in [0, 0.05) is 48.2 Å². The van der Waals surface area contributed by atoms with Crippen molar-refractivity contribution in [1.29, 1.82) is 0 Å². The monoisotopic (exact) mass is 421 g/mol. The molecule has 1 aliphatic heterocycles. The predicted molar refractivity (Wildman–Crippen MR) is 123 cm³/mol. The van der Waals surface area contributed by atoms with Crippen molar-refractivity contribution in [2.75, 3.05) is 33.9 Å². The Morgan fingerprint density at radius 3 is 2.58 bits per heavy atom. The molecule has 164 valence electrons. The van der Waals surface area contributed by atoms with Gasteiger partial charge in [-0.1, -0.05) is 30.3 Å². The van der Waals surface area contributed by atoms with E-state index in [0.717, 1.165) is 53.7 Å². The Balaban J connectivity index is 1.68. The third-order valence-corrected chi connectivity index (χ3v) is 6.22. The Morgan fingerprint density at radius 1 is 1.06 bits per heavy atom. The number of hydrogen-bond donors (Lipinski definition) is 2. The van der Waals surface area contributed by atoms with Crippen LogP contribution in [0.5, 0.6) is 11.5 Å². The molecule has 2 N–H and O–H groups in total. The highest BCUT2D eigenvalue weighted by Crippen LogP contribution is 2.40. The number of para-hydroxylation sites is 2. The Kier molecular flexibility index (Phi) is 6.47. The lowest BCUT2D eigenvalue weighted by molar-refractivity contribution is -0.131. The first kappa shape index (κ1) is 21.2. The number of hydrogen-bond acceptors (Lipinski definition) is 4. The average molecular weight is 422 g/mol. The first-order valence-corrected chi connectivity index (χ1v) is 10.9. The van der Waals surface area contributed by atoms with Crippen LogP contribution < -0.4 is 14.8 Å². The van der Waals surface area contributed by atoms with Crippen LogP contribution in [-0.2, 0) is 4.79 Å². The maximum Gasteiger partial charge on any atom is 0.239 e. The van der Waals surface area contributed by atoms with Gasteiger partial charge >= 0.3 is 0 Å². The van der Waals surface area contributed by atoms with Crippen LogP contribution in [-0.4, -0.2) is 55.7 Å². The van der Waals surface area contributed by atoms with E-state index in [0.29, 0.717) is 12.3 Å². The third kappa shape index (κ3) is 4.26. The van der Waals surface area contributed by atoms with Gasteiger partial charge in [0.2, 0.25) is 5.91 Å². The molecule has 0 aliphatic carbocycles. The molecular formula is C25H31N3O3. The summed E-state index contributed by atoms with van der Waals surface area (Å²) in [7, 11) is 3.32. The molecule has 31 heavy (non-hydrogen) atoms. The van der Waals surface area contributed by atoms with Crippen LogP contribution in [0.4, 0.5) is 0 Å². The van der Waals surface area contributed by atoms with E-state index in [2.05, 4.69) is 34.7 Å². The van der Waals surface area contributed by atoms with Gasteiger partial charge in [-0.15, -0.1) is 0 Å². The lowest BCUT2D eigenvalue weighted by Gasteiger charge is -2.25. The van der Waals surface area contributed by atoms with Gasteiger partial charge in [-0.25, -0.2) is 0 Å². The summed E-state index contributed by atoms with van der Waals surface area (Å²) in [6, 6.07) is 14.0. The molecule has 0 spiro atoms. The summed E-state index contributed by atoms with van der Waals surface area (Å²) in [5.74, 6) is 1.58. The van der Waals surface area contributed by atoms with Crippen LogP contribution in [0.2, 0.25) is 0 Å². The molecule has 0 bridgehead atoms. The van der Waals surface area contributed by atoms with E-state index < -0.39 is 0 Å². The maximum absolute atomic E-state index is 12.8. The van der Waals surface area contributed by atoms with Crippen molar-refractivity contribution in [3.63, 3.8) is 0 Å². The van der Waals surface area contributed by atoms with E-state index in [9.17, 15) is 4.79 Å². The quantitative estimate of drug-likeness (QED) is 0.579. The predicted octanol–water partition coefficient (Wildman–Crippen LogP) is 3.92. The fraction of sp³-hybridized carbons (Fsp3) is 0.400. The molecule has 3 aromatic rings. The minimum absolute atomic E-state index is 0.0185. The van der Waals surface area contributed by atoms with Crippen LogP contribution >= 0.6 is 0 Å². The number of amides is 1. The second kappa shape index (κ2) is 9.43. The molecular weight excluding hydrogens is 390 g/mol. The standard InChI is InChI=1S/C25H31N3O3/c1-17(25(29)28-13-6-7-14-28)26-15-21(19-10-8-12-23(30-2)24(19)31-3)20-16-27-22-11-5-4-9-18(20)22/h4-5,8-12,16-17,21,26-27H,6-7,13-15H2,1-3H3. The van der Waals surface area contributed by atoms with Gasteiger partial charge in [0.25, 0.3) is 0 Å². The molecule has 6 heteroatoms. The number of ether oxygens (including phenoxy) is 2. The van der Waals surface area contributed by atoms with Crippen molar-refractivity contribution in [3.05, 3.63) is 59.8 Å². The lowest BCUT2D eigenvalue weighted by atomic mass is 9.89. The topological polar surface area (TPSA) is 66.6 Å². The van der Waals surface area contributed by atoms with E-state index >= 15 is 0 Å². The zero-order valence-corrected chi connectivity index (χ0v) is 18.5. The largest absolute Gasteiger partial charge is 0.493 e. The van der Waals surface area contributed by atoms with Gasteiger partial charge in [0.15, 0.2) is 11.5 Å². The summed E-state index contributed by atoms with van der Waals surface area (Å²) in [4.78, 5) is 18.2. The van der Waals surface area contributed by atoms with Crippen molar-refractivity contribution in [1.82, 2.24) is 15.2 Å². The van der Waals surface area contributed by atoms with E-state index in [-0.39, 0.29) is 17.9 Å². The van der Waals surface area contributed by atoms with E-state index in [4.69, 9.17) is 9.47 Å². The lowest BCUT2D eigenvalue weighted by Crippen LogP contribution is -2.44. The number of carbonyl (C=O) groups is 1. The summed E-state index contributed by atoms with van der Waals surface area (Å²) < 4.78 is 11.3. The number of carbonyl (C=O) groups excluding carboxylic acids is 1. The Labute approximate surface area is 183 Å². The summed E-state index contributed by atoms with van der Waals surface area (Å²) >= 11 is 0. The van der Waals surface area contributed by atoms with Crippen molar-refractivity contribution >= 4 is 16.8 Å². The number of fused-ring (bicyclic) bond motifs is 1. The molecule has 0 radical (unpaired) electrons. The van der Waals surface area contributed by atoms with E-state index in [1.165, 1.54) is 0 Å². The third-order valence-electron chi connectivity index (χ3n) is 6.22. The zero-order chi connectivity index (χ0) is 21.8. The van der Waals surface area contributed by atoms with Crippen molar-refractivity contribution in [2.45, 2.75) is 31.7 Å². The summed E-state index contributed by atoms with van der Waals surface area (Å²) in [5.41, 5.74) is 3.28. The molecule has 4 rings (SSSR count). The number of nitrogens with zero attached hydrogens (tertiary/aromatic N) is 1. The average Bonchev–Trinajstić information content (AvgIpc) is 3.49. The van der Waals surface area contributed by atoms with Crippen LogP contribution in [0.3, 0.4) is 0 Å². The highest BCUT2D eigenvalue weighted by atomic mass is 16.5. The molecule has 1 saturated heterocycles. The van der Waals surface area contributed by atoms with Gasteiger partial charge in [0.05, 0.1) is 20.3 Å². The Bertz CT molecular complexity index is 1040. The highest BCUT2D eigenvalue weighted by molar-refractivity contribution is 5.84. The summed E-state index contributed by atoms with van der Waals surface area (Å²) in [6.45, 7) is 4.28. The van der Waals surface area contributed by atoms with Crippen LogP contribution in [0.1, 0.15) is 36.8 Å². The fourth-order valence-corrected chi connectivity index (χ4v) is 4.55. The van der Waals surface area contributed by atoms with Crippen LogP contribution in [0, 0.1) is 0 Å². The minimum Gasteiger partial charge on any atom is -0.493 e. The Morgan fingerprint density at radius 2 is 1.84 bits per heavy atom. The molecule has 2 unspecified atom stereocenters. The Hall–Kier alpha value is -2.99. The second-order valence-electron chi connectivity index (χ2n) is 8.09. The maximum atomic E-state index is 12.8. The van der Waals surface area contributed by atoms with E-state index in [1.807, 2.05) is 36.1 Å². The summed E-state index contributed by atoms with van der Waals surface area (Å²) in [6.07, 6.45) is 4.25. The van der Waals surface area contributed by atoms with Gasteiger partial charge in [-0.05, 0) is 37.5 Å². The number of rotatable bonds is 8. The molecule has 2 heterocycles. The van der Waals surface area contributed by atoms with Gasteiger partial charge in [-0.3, -0.25) is 4.79 Å². The molecule has 2 aromatic carbocycles. The van der Waals surface area contributed by atoms with Gasteiger partial charge in [0.1, 0.15) is 0 Å². The molecule has 1 fully saturated rings. The van der Waals surface area contributed by atoms with Crippen LogP contribution in [0.25, 0.3) is 10.9 Å². The molecule has 0 saturated carbocycles. The number of aromatic nitrogens is 1. The number of H-pyrrole nitrogens is 1. The number of likely N-dealkylation sites (tertiary alicyclic amines) is 1. The zero-order valence-electron chi connectivity index (χ0n) is 18.5. The molecule has 1 aliphatic rings. The van der Waals surface area contributed by atoms with Crippen molar-refractivity contribution < 1.29 is 14.3 Å². The van der Waals surface area contributed by atoms with Crippen LogP contribution in [0.15, 0.2) is 48.7 Å². The highest BCUT2D eigenvalue weighted by Gasteiger charge is 2.27. The summed E-state index contributed by atoms with van der Waals surface area (Å²) in [5, 5.41) is 4.66. The molecule has 6 nitrogen and oxygen atoms in total. The number of aromatic amines is 1. The van der Waals surface area contributed by atoms with Crippen molar-refractivity contribution in [2.24, 2.45) is 0 Å². The van der Waals surface area contributed by atoms with Gasteiger partial charge in [-0.2, -0.15) is 0 Å². The number of methoxy groups -OCH3 is 2. The fourth-order valence-electron chi connectivity index (χ4n) is 4.55. The minimum atomic E-state index is -0.248. The number of nitrogens with one attached hydrogen (secondary N) is 2. The van der Waals surface area contributed by atoms with Crippen molar-refractivity contribution in [3.8, 4) is 11.5 Å². The van der Waals surface area contributed by atoms with E-state index in [1.54, 1.807) is 14.2 Å². The first-order valence-electron chi connectivity index (χ1n) is 10.9. The SMILES string of the molecule is COc1cccc(C(CNC(C)C(=O)N2CCCC2)c2c[nH]c3ccccc23)c1OC. The second-order valence-corrected chi connectivity index (χ2v) is 8.09.